The van der Waals surface area contributed by atoms with Gasteiger partial charge in [-0.15, -0.1) is 0 Å². The molecule has 0 atom stereocenters. The molecule has 0 N–H and O–H groups in total. The Kier molecular flexibility index (Phi) is 2.87. The van der Waals surface area contributed by atoms with Crippen LogP contribution in [0.3, 0.4) is 0 Å². The molecule has 1 aliphatic heterocycles. The Hall–Kier alpha value is -1.70. The number of anilines is 1. The van der Waals surface area contributed by atoms with E-state index in [9.17, 15) is 0 Å². The third-order valence-corrected chi connectivity index (χ3v) is 3.39. The van der Waals surface area contributed by atoms with Gasteiger partial charge in [-0.3, -0.25) is 0 Å². The summed E-state index contributed by atoms with van der Waals surface area (Å²) in [6, 6.07) is 12.5. The number of hydrogen-bond acceptors (Lipinski definition) is 2. The zero-order chi connectivity index (χ0) is 11.5. The molecule has 3 rings (SSSR count). The number of piperidine rings is 1. The number of nitrogens with zero attached hydrogens (tertiary/aromatic N) is 1. The van der Waals surface area contributed by atoms with E-state index in [-0.39, 0.29) is 0 Å². The first-order chi connectivity index (χ1) is 8.45. The van der Waals surface area contributed by atoms with E-state index < -0.39 is 0 Å². The molecule has 0 radical (unpaired) electrons. The Balaban J connectivity index is 1.98. The van der Waals surface area contributed by atoms with E-state index in [4.69, 9.17) is 4.42 Å². The molecule has 2 aromatic rings. The molecule has 1 aromatic heterocycles. The smallest absolute Gasteiger partial charge is 0.135 e. The highest BCUT2D eigenvalue weighted by molar-refractivity contribution is 5.75. The van der Waals surface area contributed by atoms with E-state index >= 15 is 0 Å². The van der Waals surface area contributed by atoms with Crippen molar-refractivity contribution in [3.8, 4) is 11.3 Å². The van der Waals surface area contributed by atoms with Crippen LogP contribution in [0.1, 0.15) is 19.3 Å². The molecular weight excluding hydrogens is 210 g/mol. The van der Waals surface area contributed by atoms with Gasteiger partial charge in [0, 0.05) is 24.3 Å². The Morgan fingerprint density at radius 3 is 2.47 bits per heavy atom. The lowest BCUT2D eigenvalue weighted by Crippen LogP contribution is -2.29. The van der Waals surface area contributed by atoms with Gasteiger partial charge in [0.15, 0.2) is 0 Å². The van der Waals surface area contributed by atoms with E-state index in [1.807, 2.05) is 12.1 Å². The molecule has 2 nitrogen and oxygen atoms in total. The molecule has 1 fully saturated rings. The van der Waals surface area contributed by atoms with Crippen LogP contribution in [-0.2, 0) is 0 Å². The summed E-state index contributed by atoms with van der Waals surface area (Å²) in [5.74, 6) is 0.964. The lowest BCUT2D eigenvalue weighted by Gasteiger charge is -2.30. The second-order valence-corrected chi connectivity index (χ2v) is 4.54. The van der Waals surface area contributed by atoms with Gasteiger partial charge in [-0.25, -0.2) is 0 Å². The van der Waals surface area contributed by atoms with Crippen LogP contribution in [0.15, 0.2) is 47.1 Å². The van der Waals surface area contributed by atoms with Crippen LogP contribution >= 0.6 is 0 Å². The van der Waals surface area contributed by atoms with Crippen molar-refractivity contribution in [2.75, 3.05) is 18.0 Å². The fourth-order valence-corrected chi connectivity index (χ4v) is 2.52. The maximum absolute atomic E-state index is 5.52. The zero-order valence-electron chi connectivity index (χ0n) is 9.93. The van der Waals surface area contributed by atoms with Crippen LogP contribution in [0.5, 0.6) is 0 Å². The van der Waals surface area contributed by atoms with Gasteiger partial charge in [0.2, 0.25) is 0 Å². The molecule has 1 saturated heterocycles. The standard InChI is InChI=1S/C15H17NO/c1-4-10-16(11-5-1)14-8-3-2-7-13(14)15-9-6-12-17-15/h2-3,6-9,12H,1,4-5,10-11H2. The second kappa shape index (κ2) is 4.66. The monoisotopic (exact) mass is 227 g/mol. The molecule has 0 aliphatic carbocycles. The average molecular weight is 227 g/mol. The predicted molar refractivity (Wildman–Crippen MR) is 70.2 cm³/mol. The van der Waals surface area contributed by atoms with Gasteiger partial charge < -0.3 is 9.32 Å². The maximum Gasteiger partial charge on any atom is 0.135 e. The molecule has 0 amide bonds. The van der Waals surface area contributed by atoms with Crippen LogP contribution in [-0.4, -0.2) is 13.1 Å². The predicted octanol–water partition coefficient (Wildman–Crippen LogP) is 3.94. The third kappa shape index (κ3) is 2.07. The lowest BCUT2D eigenvalue weighted by molar-refractivity contribution is 0.571. The Morgan fingerprint density at radius 1 is 0.882 bits per heavy atom. The van der Waals surface area contributed by atoms with Gasteiger partial charge in [0.05, 0.1) is 6.26 Å². The molecule has 0 saturated carbocycles. The van der Waals surface area contributed by atoms with E-state index in [0.717, 1.165) is 18.8 Å². The molecule has 1 aliphatic rings. The summed E-state index contributed by atoms with van der Waals surface area (Å²) < 4.78 is 5.52. The minimum Gasteiger partial charge on any atom is -0.464 e. The Labute approximate surface area is 102 Å². The third-order valence-electron chi connectivity index (χ3n) is 3.39. The summed E-state index contributed by atoms with van der Waals surface area (Å²) in [4.78, 5) is 2.47. The van der Waals surface area contributed by atoms with Crippen molar-refractivity contribution in [1.29, 1.82) is 0 Å². The van der Waals surface area contributed by atoms with Gasteiger partial charge in [-0.1, -0.05) is 12.1 Å². The van der Waals surface area contributed by atoms with Crippen LogP contribution < -0.4 is 4.90 Å². The molecule has 0 unspecified atom stereocenters. The number of para-hydroxylation sites is 1. The fourth-order valence-electron chi connectivity index (χ4n) is 2.52. The number of furan rings is 1. The van der Waals surface area contributed by atoms with Gasteiger partial charge in [0.25, 0.3) is 0 Å². The topological polar surface area (TPSA) is 16.4 Å². The highest BCUT2D eigenvalue weighted by Crippen LogP contribution is 2.32. The van der Waals surface area contributed by atoms with Gasteiger partial charge in [-0.2, -0.15) is 0 Å². The first-order valence-electron chi connectivity index (χ1n) is 6.33. The molecular formula is C15H17NO. The minimum atomic E-state index is 0.964. The number of benzene rings is 1. The van der Waals surface area contributed by atoms with Gasteiger partial charge in [-0.05, 0) is 43.5 Å². The summed E-state index contributed by atoms with van der Waals surface area (Å²) in [7, 11) is 0. The molecule has 2 heteroatoms. The van der Waals surface area contributed by atoms with E-state index in [0.29, 0.717) is 0 Å². The molecule has 0 bridgehead atoms. The van der Waals surface area contributed by atoms with Crippen molar-refractivity contribution in [3.63, 3.8) is 0 Å². The lowest BCUT2D eigenvalue weighted by atomic mass is 10.1. The Bertz CT molecular complexity index is 469. The summed E-state index contributed by atoms with van der Waals surface area (Å²) in [5.41, 5.74) is 2.52. The maximum atomic E-state index is 5.52. The minimum absolute atomic E-state index is 0.964. The highest BCUT2D eigenvalue weighted by atomic mass is 16.3. The van der Waals surface area contributed by atoms with E-state index in [1.54, 1.807) is 6.26 Å². The largest absolute Gasteiger partial charge is 0.464 e. The van der Waals surface area contributed by atoms with Crippen molar-refractivity contribution < 1.29 is 4.42 Å². The van der Waals surface area contributed by atoms with E-state index in [1.165, 1.54) is 30.5 Å². The van der Waals surface area contributed by atoms with Crippen molar-refractivity contribution in [2.45, 2.75) is 19.3 Å². The molecule has 0 spiro atoms. The highest BCUT2D eigenvalue weighted by Gasteiger charge is 2.15. The van der Waals surface area contributed by atoms with Crippen molar-refractivity contribution in [3.05, 3.63) is 42.7 Å². The van der Waals surface area contributed by atoms with Crippen molar-refractivity contribution >= 4 is 5.69 Å². The summed E-state index contributed by atoms with van der Waals surface area (Å²) in [6.45, 7) is 2.33. The number of rotatable bonds is 2. The van der Waals surface area contributed by atoms with Crippen LogP contribution in [0.4, 0.5) is 5.69 Å². The van der Waals surface area contributed by atoms with Crippen molar-refractivity contribution in [1.82, 2.24) is 0 Å². The van der Waals surface area contributed by atoms with Crippen LogP contribution in [0, 0.1) is 0 Å². The average Bonchev–Trinajstić information content (AvgIpc) is 2.94. The van der Waals surface area contributed by atoms with Crippen LogP contribution in [0.2, 0.25) is 0 Å². The fraction of sp³-hybridized carbons (Fsp3) is 0.333. The molecule has 88 valence electrons. The molecule has 2 heterocycles. The second-order valence-electron chi connectivity index (χ2n) is 4.54. The quantitative estimate of drug-likeness (QED) is 0.772. The summed E-state index contributed by atoms with van der Waals surface area (Å²) in [6.07, 6.45) is 5.70. The van der Waals surface area contributed by atoms with Gasteiger partial charge >= 0.3 is 0 Å². The SMILES string of the molecule is c1coc(-c2ccccc2N2CCCCC2)c1. The first-order valence-corrected chi connectivity index (χ1v) is 6.33. The zero-order valence-corrected chi connectivity index (χ0v) is 9.93. The molecule has 17 heavy (non-hydrogen) atoms. The van der Waals surface area contributed by atoms with E-state index in [2.05, 4.69) is 29.2 Å². The normalized spacial score (nSPS) is 16.1. The summed E-state index contributed by atoms with van der Waals surface area (Å²) >= 11 is 0. The Morgan fingerprint density at radius 2 is 1.71 bits per heavy atom. The van der Waals surface area contributed by atoms with Crippen molar-refractivity contribution in [2.24, 2.45) is 0 Å². The van der Waals surface area contributed by atoms with Gasteiger partial charge in [0.1, 0.15) is 5.76 Å². The molecule has 1 aromatic carbocycles. The van der Waals surface area contributed by atoms with Crippen LogP contribution in [0.25, 0.3) is 11.3 Å². The summed E-state index contributed by atoms with van der Waals surface area (Å²) in [5, 5.41) is 0. The number of hydrogen-bond donors (Lipinski definition) is 0. The first kappa shape index (κ1) is 10.5.